The molecule has 0 bridgehead atoms. The molecule has 27 heavy (non-hydrogen) atoms. The third-order valence-corrected chi connectivity index (χ3v) is 5.40. The number of hydrogen-bond acceptors (Lipinski definition) is 5. The molecule has 2 aromatic carbocycles. The van der Waals surface area contributed by atoms with Crippen molar-refractivity contribution >= 4 is 23.5 Å². The monoisotopic (exact) mass is 385 g/mol. The first kappa shape index (κ1) is 17.7. The summed E-state index contributed by atoms with van der Waals surface area (Å²) in [5.41, 5.74) is 6.17. The Balaban J connectivity index is 1.95. The number of nitrogens with zero attached hydrogens (tertiary/aromatic N) is 2. The van der Waals surface area contributed by atoms with Gasteiger partial charge in [0.05, 0.1) is 5.02 Å². The van der Waals surface area contributed by atoms with Crippen molar-refractivity contribution in [1.82, 2.24) is 4.90 Å². The standard InChI is InChI=1S/C20H20ClN3O3/c1-19(2)10-20(17(26)24(3)18(22)23-20)13-9-11(7-8-15(13)27-19)12-5-4-6-14(21)16(12)25/h4-9,25H,10H2,1-3H3,(H2,22,23). The Morgan fingerprint density at radius 3 is 2.70 bits per heavy atom. The summed E-state index contributed by atoms with van der Waals surface area (Å²) >= 11 is 6.05. The molecule has 0 saturated heterocycles. The van der Waals surface area contributed by atoms with Gasteiger partial charge in [-0.25, -0.2) is 4.99 Å². The molecule has 0 aromatic heterocycles. The maximum Gasteiger partial charge on any atom is 0.261 e. The first-order valence-electron chi connectivity index (χ1n) is 8.59. The Kier molecular flexibility index (Phi) is 3.69. The van der Waals surface area contributed by atoms with Crippen molar-refractivity contribution in [3.63, 3.8) is 0 Å². The number of carbonyl (C=O) groups is 1. The van der Waals surface area contributed by atoms with Crippen LogP contribution in [-0.2, 0) is 10.3 Å². The Bertz CT molecular complexity index is 1000. The molecule has 1 unspecified atom stereocenters. The van der Waals surface area contributed by atoms with Gasteiger partial charge in [-0.1, -0.05) is 29.8 Å². The number of nitrogens with two attached hydrogens (primary N) is 1. The molecule has 1 atom stereocenters. The second-order valence-electron chi connectivity index (χ2n) is 7.58. The van der Waals surface area contributed by atoms with Crippen LogP contribution >= 0.6 is 11.6 Å². The Morgan fingerprint density at radius 2 is 2.04 bits per heavy atom. The van der Waals surface area contributed by atoms with E-state index in [1.54, 1.807) is 31.3 Å². The van der Waals surface area contributed by atoms with Gasteiger partial charge in [-0.3, -0.25) is 9.69 Å². The van der Waals surface area contributed by atoms with E-state index in [0.29, 0.717) is 28.9 Å². The van der Waals surface area contributed by atoms with Gasteiger partial charge in [-0.2, -0.15) is 0 Å². The van der Waals surface area contributed by atoms with Gasteiger partial charge in [0.2, 0.25) is 0 Å². The van der Waals surface area contributed by atoms with Gasteiger partial charge in [0, 0.05) is 24.6 Å². The van der Waals surface area contributed by atoms with Crippen molar-refractivity contribution in [2.24, 2.45) is 10.7 Å². The van der Waals surface area contributed by atoms with Crippen LogP contribution in [0.5, 0.6) is 11.5 Å². The van der Waals surface area contributed by atoms with Crippen LogP contribution in [-0.4, -0.2) is 34.5 Å². The van der Waals surface area contributed by atoms with Gasteiger partial charge in [0.15, 0.2) is 11.5 Å². The van der Waals surface area contributed by atoms with E-state index in [1.165, 1.54) is 4.90 Å². The van der Waals surface area contributed by atoms with E-state index in [2.05, 4.69) is 4.99 Å². The molecular formula is C20H20ClN3O3. The third-order valence-electron chi connectivity index (χ3n) is 5.10. The van der Waals surface area contributed by atoms with Crippen molar-refractivity contribution in [2.75, 3.05) is 7.05 Å². The van der Waals surface area contributed by atoms with Crippen molar-refractivity contribution < 1.29 is 14.6 Å². The van der Waals surface area contributed by atoms with Crippen LogP contribution in [0.15, 0.2) is 41.4 Å². The minimum absolute atomic E-state index is 0.0110. The quantitative estimate of drug-likeness (QED) is 0.788. The van der Waals surface area contributed by atoms with Crippen LogP contribution < -0.4 is 10.5 Å². The van der Waals surface area contributed by atoms with E-state index in [9.17, 15) is 9.90 Å². The van der Waals surface area contributed by atoms with Crippen LogP contribution in [0.4, 0.5) is 0 Å². The number of rotatable bonds is 1. The molecule has 7 heteroatoms. The van der Waals surface area contributed by atoms with Crippen molar-refractivity contribution in [1.29, 1.82) is 0 Å². The number of benzene rings is 2. The predicted octanol–water partition coefficient (Wildman–Crippen LogP) is 3.26. The fourth-order valence-electron chi connectivity index (χ4n) is 3.89. The van der Waals surface area contributed by atoms with Gasteiger partial charge < -0.3 is 15.6 Å². The zero-order valence-corrected chi connectivity index (χ0v) is 16.0. The molecule has 2 aliphatic rings. The number of guanidine groups is 1. The molecule has 2 heterocycles. The van der Waals surface area contributed by atoms with Crippen LogP contribution in [0.25, 0.3) is 11.1 Å². The molecule has 0 radical (unpaired) electrons. The van der Waals surface area contributed by atoms with Crippen LogP contribution in [0.1, 0.15) is 25.8 Å². The molecule has 2 aliphatic heterocycles. The molecule has 1 amide bonds. The first-order chi connectivity index (χ1) is 12.6. The number of ether oxygens (including phenoxy) is 1. The minimum atomic E-state index is -1.14. The summed E-state index contributed by atoms with van der Waals surface area (Å²) in [5, 5.41) is 10.6. The van der Waals surface area contributed by atoms with E-state index in [4.69, 9.17) is 22.1 Å². The highest BCUT2D eigenvalue weighted by molar-refractivity contribution is 6.32. The number of phenols is 1. The fourth-order valence-corrected chi connectivity index (χ4v) is 4.07. The normalized spacial score (nSPS) is 23.2. The van der Waals surface area contributed by atoms with E-state index >= 15 is 0 Å². The van der Waals surface area contributed by atoms with Crippen molar-refractivity contribution in [3.05, 3.63) is 47.0 Å². The van der Waals surface area contributed by atoms with Crippen LogP contribution in [0.2, 0.25) is 5.02 Å². The summed E-state index contributed by atoms with van der Waals surface area (Å²) in [7, 11) is 1.62. The number of phenolic OH excluding ortho intramolecular Hbond substituents is 1. The Morgan fingerprint density at radius 1 is 1.30 bits per heavy atom. The second kappa shape index (κ2) is 5.63. The molecule has 1 spiro atoms. The highest BCUT2D eigenvalue weighted by atomic mass is 35.5. The number of hydrogen-bond donors (Lipinski definition) is 2. The zero-order chi connectivity index (χ0) is 19.6. The molecule has 3 N–H and O–H groups in total. The number of aromatic hydroxyl groups is 1. The lowest BCUT2D eigenvalue weighted by Crippen LogP contribution is -2.49. The molecule has 0 fully saturated rings. The van der Waals surface area contributed by atoms with Crippen LogP contribution in [0, 0.1) is 0 Å². The van der Waals surface area contributed by atoms with Crippen molar-refractivity contribution in [2.45, 2.75) is 31.4 Å². The Hall–Kier alpha value is -2.73. The summed E-state index contributed by atoms with van der Waals surface area (Å²) in [6.45, 7) is 3.84. The van der Waals surface area contributed by atoms with E-state index in [-0.39, 0.29) is 22.6 Å². The van der Waals surface area contributed by atoms with E-state index < -0.39 is 11.1 Å². The van der Waals surface area contributed by atoms with Gasteiger partial charge in [-0.15, -0.1) is 0 Å². The molecule has 0 aliphatic carbocycles. The largest absolute Gasteiger partial charge is 0.506 e. The lowest BCUT2D eigenvalue weighted by molar-refractivity contribution is -0.133. The number of para-hydroxylation sites is 1. The molecule has 2 aromatic rings. The summed E-state index contributed by atoms with van der Waals surface area (Å²) < 4.78 is 6.10. The maximum absolute atomic E-state index is 13.1. The lowest BCUT2D eigenvalue weighted by Gasteiger charge is -2.41. The number of likely N-dealkylation sites (N-methyl/N-ethyl adjacent to an activating group) is 1. The van der Waals surface area contributed by atoms with Gasteiger partial charge in [0.1, 0.15) is 17.1 Å². The number of fused-ring (bicyclic) bond motifs is 2. The van der Waals surface area contributed by atoms with E-state index in [1.807, 2.05) is 26.0 Å². The topological polar surface area (TPSA) is 88.2 Å². The lowest BCUT2D eigenvalue weighted by atomic mass is 9.77. The third kappa shape index (κ3) is 2.55. The number of amides is 1. The molecule has 0 saturated carbocycles. The zero-order valence-electron chi connectivity index (χ0n) is 15.3. The first-order valence-corrected chi connectivity index (χ1v) is 8.97. The molecular weight excluding hydrogens is 366 g/mol. The van der Waals surface area contributed by atoms with Gasteiger partial charge in [-0.05, 0) is 37.6 Å². The van der Waals surface area contributed by atoms with E-state index in [0.717, 1.165) is 0 Å². The van der Waals surface area contributed by atoms with Crippen LogP contribution in [0.3, 0.4) is 0 Å². The average Bonchev–Trinajstić information content (AvgIpc) is 2.81. The average molecular weight is 386 g/mol. The number of aliphatic imine (C=N–C) groups is 1. The SMILES string of the molecule is CN1C(=O)C2(CC(C)(C)Oc3ccc(-c4cccc(Cl)c4O)cc32)N=C1N. The predicted molar refractivity (Wildman–Crippen MR) is 104 cm³/mol. The van der Waals surface area contributed by atoms with Gasteiger partial charge in [0.25, 0.3) is 5.91 Å². The maximum atomic E-state index is 13.1. The summed E-state index contributed by atoms with van der Waals surface area (Å²) in [6.07, 6.45) is 0.363. The number of halogens is 1. The second-order valence-corrected chi connectivity index (χ2v) is 7.99. The molecule has 6 nitrogen and oxygen atoms in total. The molecule has 4 rings (SSSR count). The smallest absolute Gasteiger partial charge is 0.261 e. The van der Waals surface area contributed by atoms with Crippen molar-refractivity contribution in [3.8, 4) is 22.6 Å². The number of carbonyl (C=O) groups excluding carboxylic acids is 1. The van der Waals surface area contributed by atoms with Gasteiger partial charge >= 0.3 is 0 Å². The molecule has 140 valence electrons. The summed E-state index contributed by atoms with van der Waals surface area (Å²) in [4.78, 5) is 19.0. The summed E-state index contributed by atoms with van der Waals surface area (Å²) in [5.74, 6) is 0.560. The highest BCUT2D eigenvalue weighted by Gasteiger charge is 2.55. The summed E-state index contributed by atoms with van der Waals surface area (Å²) in [6, 6.07) is 10.6. The highest BCUT2D eigenvalue weighted by Crippen LogP contribution is 2.50. The minimum Gasteiger partial charge on any atom is -0.506 e. The Labute approximate surface area is 162 Å². The fraction of sp³-hybridized carbons (Fsp3) is 0.300.